The van der Waals surface area contributed by atoms with E-state index in [1.165, 1.54) is 0 Å². The minimum absolute atomic E-state index is 0. The van der Waals surface area contributed by atoms with Crippen LogP contribution < -0.4 is 51.4 Å². The number of aliphatic hydroxyl groups excluding tert-OH is 1. The molecule has 0 atom stereocenters. The second-order valence-electron chi connectivity index (χ2n) is 2.90. The molecule has 0 aromatic carbocycles. The second kappa shape index (κ2) is 10.2. The Labute approximate surface area is 133 Å². The summed E-state index contributed by atoms with van der Waals surface area (Å²) in [5, 5.41) is 8.36. The molecule has 0 spiro atoms. The Morgan fingerprint density at radius 1 is 1.33 bits per heavy atom. The molecule has 15 heavy (non-hydrogen) atoms. The molecular weight excluding hydrogens is 247 g/mol. The van der Waals surface area contributed by atoms with Crippen molar-refractivity contribution in [2.45, 2.75) is 32.6 Å². The van der Waals surface area contributed by atoms with E-state index in [0.717, 1.165) is 12.8 Å². The zero-order valence-electron chi connectivity index (χ0n) is 9.23. The maximum absolute atomic E-state index is 10.9. The van der Waals surface area contributed by atoms with Gasteiger partial charge in [0.1, 0.15) is 5.75 Å². The molecule has 0 amide bonds. The summed E-state index contributed by atoms with van der Waals surface area (Å²) in [6, 6.07) is 0. The summed E-state index contributed by atoms with van der Waals surface area (Å²) in [6.45, 7) is 1.44. The molecule has 0 rings (SSSR count). The van der Waals surface area contributed by atoms with Gasteiger partial charge in [-0.2, -0.15) is 8.42 Å². The van der Waals surface area contributed by atoms with Gasteiger partial charge in [0.05, 0.1) is 6.61 Å². The summed E-state index contributed by atoms with van der Waals surface area (Å²) in [4.78, 5) is 10.9. The van der Waals surface area contributed by atoms with E-state index in [4.69, 9.17) is 5.11 Å². The number of rotatable bonds is 7. The fourth-order valence-corrected chi connectivity index (χ4v) is 1.53. The summed E-state index contributed by atoms with van der Waals surface area (Å²) in [5.41, 5.74) is 0. The molecule has 0 saturated heterocycles. The van der Waals surface area contributed by atoms with Crippen LogP contribution in [0.25, 0.3) is 0 Å². The molecule has 7 heteroatoms. The molecule has 0 aromatic heterocycles. The molecular formula is C8H16KO5S+. The molecule has 1 N–H and O–H groups in total. The molecule has 0 saturated carbocycles. The van der Waals surface area contributed by atoms with Gasteiger partial charge in [0.25, 0.3) is 0 Å². The average Bonchev–Trinajstić information content (AvgIpc) is 2.03. The normalized spacial score (nSPS) is 10.5. The predicted octanol–water partition coefficient (Wildman–Crippen LogP) is -2.56. The van der Waals surface area contributed by atoms with Gasteiger partial charge >= 0.3 is 67.5 Å². The van der Waals surface area contributed by atoms with Crippen molar-refractivity contribution in [2.24, 2.45) is 0 Å². The summed E-state index contributed by atoms with van der Waals surface area (Å²) in [6.07, 6.45) is 2.56. The summed E-state index contributed by atoms with van der Waals surface area (Å²) in [7, 11) is -3.87. The standard InChI is InChI=1S/C8H16O5S.K/c1-2-3-4-5-8(10)13-14(11,12)7-6-9;/h9H,2-7H2,1H3;/q;+1. The van der Waals surface area contributed by atoms with E-state index in [9.17, 15) is 13.2 Å². The SMILES string of the molecule is CCCCCC(=O)OS(=O)(=O)CCO.[K+]. The maximum Gasteiger partial charge on any atom is 1.00 e. The number of hydrogen-bond acceptors (Lipinski definition) is 5. The van der Waals surface area contributed by atoms with Crippen LogP contribution in [-0.4, -0.2) is 31.9 Å². The average molecular weight is 263 g/mol. The van der Waals surface area contributed by atoms with Crippen molar-refractivity contribution in [2.75, 3.05) is 12.4 Å². The van der Waals surface area contributed by atoms with Gasteiger partial charge in [-0.05, 0) is 6.42 Å². The molecule has 0 bridgehead atoms. The second-order valence-corrected chi connectivity index (χ2v) is 4.59. The van der Waals surface area contributed by atoms with Crippen molar-refractivity contribution >= 4 is 16.1 Å². The molecule has 0 radical (unpaired) electrons. The van der Waals surface area contributed by atoms with Gasteiger partial charge in [-0.1, -0.05) is 19.8 Å². The molecule has 0 aliphatic carbocycles. The van der Waals surface area contributed by atoms with Gasteiger partial charge in [0.2, 0.25) is 0 Å². The zero-order chi connectivity index (χ0) is 11.0. The first-order valence-electron chi connectivity index (χ1n) is 4.57. The van der Waals surface area contributed by atoms with Crippen molar-refractivity contribution in [1.82, 2.24) is 0 Å². The van der Waals surface area contributed by atoms with Gasteiger partial charge in [0, 0.05) is 6.42 Å². The Morgan fingerprint density at radius 3 is 2.40 bits per heavy atom. The van der Waals surface area contributed by atoms with Gasteiger partial charge in [0.15, 0.2) is 0 Å². The molecule has 5 nitrogen and oxygen atoms in total. The minimum Gasteiger partial charge on any atom is -0.395 e. The first-order chi connectivity index (χ1) is 6.52. The van der Waals surface area contributed by atoms with E-state index >= 15 is 0 Å². The van der Waals surface area contributed by atoms with E-state index < -0.39 is 28.4 Å². The van der Waals surface area contributed by atoms with Crippen LogP contribution in [0.2, 0.25) is 0 Å². The Kier molecular flexibility index (Phi) is 12.5. The van der Waals surface area contributed by atoms with Crippen LogP contribution in [0.15, 0.2) is 0 Å². The van der Waals surface area contributed by atoms with Crippen molar-refractivity contribution in [3.63, 3.8) is 0 Å². The number of unbranched alkanes of at least 4 members (excludes halogenated alkanes) is 2. The van der Waals surface area contributed by atoms with E-state index in [0.29, 0.717) is 6.42 Å². The fourth-order valence-electron chi connectivity index (χ4n) is 0.856. The van der Waals surface area contributed by atoms with Crippen molar-refractivity contribution in [1.29, 1.82) is 0 Å². The number of carbonyl (C=O) groups excluding carboxylic acids is 1. The third kappa shape index (κ3) is 11.3. The number of carbonyl (C=O) groups is 1. The smallest absolute Gasteiger partial charge is 0.395 e. The van der Waals surface area contributed by atoms with Crippen LogP contribution in [0.4, 0.5) is 0 Å². The zero-order valence-corrected chi connectivity index (χ0v) is 13.2. The van der Waals surface area contributed by atoms with Gasteiger partial charge < -0.3 is 9.29 Å². The number of aliphatic hydroxyl groups is 1. The first-order valence-corrected chi connectivity index (χ1v) is 6.15. The summed E-state index contributed by atoms with van der Waals surface area (Å²) < 4.78 is 25.9. The maximum atomic E-state index is 10.9. The largest absolute Gasteiger partial charge is 1.00 e. The summed E-state index contributed by atoms with van der Waals surface area (Å²) in [5.74, 6) is -1.28. The molecule has 0 heterocycles. The first kappa shape index (κ1) is 18.4. The van der Waals surface area contributed by atoms with Crippen LogP contribution in [0.1, 0.15) is 32.6 Å². The van der Waals surface area contributed by atoms with Crippen molar-refractivity contribution in [3.8, 4) is 0 Å². The number of hydrogen-bond donors (Lipinski definition) is 1. The third-order valence-corrected chi connectivity index (χ3v) is 2.67. The predicted molar refractivity (Wildman–Crippen MR) is 51.1 cm³/mol. The minimum atomic E-state index is -3.87. The van der Waals surface area contributed by atoms with Crippen LogP contribution >= 0.6 is 0 Å². The van der Waals surface area contributed by atoms with Gasteiger partial charge in [-0.25, -0.2) is 0 Å². The fraction of sp³-hybridized carbons (Fsp3) is 0.875. The quantitative estimate of drug-likeness (QED) is 0.310. The molecule has 0 aliphatic heterocycles. The molecule has 0 aromatic rings. The Morgan fingerprint density at radius 2 is 1.93 bits per heavy atom. The van der Waals surface area contributed by atoms with Gasteiger partial charge in [-0.3, -0.25) is 4.79 Å². The van der Waals surface area contributed by atoms with Crippen LogP contribution in [0.3, 0.4) is 0 Å². The van der Waals surface area contributed by atoms with E-state index in [1.54, 1.807) is 0 Å². The molecule has 84 valence electrons. The Bertz CT molecular complexity index is 262. The van der Waals surface area contributed by atoms with E-state index in [2.05, 4.69) is 4.18 Å². The molecule has 0 aliphatic rings. The van der Waals surface area contributed by atoms with Crippen molar-refractivity contribution in [3.05, 3.63) is 0 Å². The van der Waals surface area contributed by atoms with E-state index in [1.807, 2.05) is 6.92 Å². The van der Waals surface area contributed by atoms with Crippen LogP contribution in [0.5, 0.6) is 0 Å². The van der Waals surface area contributed by atoms with Crippen LogP contribution in [0, 0.1) is 0 Å². The van der Waals surface area contributed by atoms with Gasteiger partial charge in [-0.15, -0.1) is 0 Å². The topological polar surface area (TPSA) is 80.7 Å². The summed E-state index contributed by atoms with van der Waals surface area (Å²) >= 11 is 0. The Hall–Kier alpha value is 1.02. The van der Waals surface area contributed by atoms with Crippen molar-refractivity contribution < 1.29 is 73.9 Å². The Balaban J connectivity index is 0. The monoisotopic (exact) mass is 263 g/mol. The van der Waals surface area contributed by atoms with Crippen LogP contribution in [-0.2, 0) is 19.1 Å². The molecule has 0 fully saturated rings. The third-order valence-electron chi connectivity index (χ3n) is 1.55. The molecule has 0 unspecified atom stereocenters. The van der Waals surface area contributed by atoms with E-state index in [-0.39, 0.29) is 57.8 Å².